The lowest BCUT2D eigenvalue weighted by Crippen LogP contribution is -2.52. The van der Waals surface area contributed by atoms with E-state index in [4.69, 9.17) is 0 Å². The summed E-state index contributed by atoms with van der Waals surface area (Å²) in [6.45, 7) is 5.37. The second kappa shape index (κ2) is 4.49. The van der Waals surface area contributed by atoms with Gasteiger partial charge in [0.05, 0.1) is 0 Å². The van der Waals surface area contributed by atoms with Crippen LogP contribution in [0.4, 0.5) is 4.79 Å². The number of imide groups is 1. The number of thiophene rings is 1. The van der Waals surface area contributed by atoms with E-state index in [0.717, 1.165) is 0 Å². The molecular formula is C12H16N2O2S. The van der Waals surface area contributed by atoms with Crippen LogP contribution in [0.3, 0.4) is 0 Å². The predicted octanol–water partition coefficient (Wildman–Crippen LogP) is 1.97. The maximum absolute atomic E-state index is 11.6. The van der Waals surface area contributed by atoms with E-state index in [0.29, 0.717) is 19.5 Å². The van der Waals surface area contributed by atoms with Crippen LogP contribution in [0.2, 0.25) is 0 Å². The molecule has 3 amide bonds. The van der Waals surface area contributed by atoms with Crippen molar-refractivity contribution < 1.29 is 9.59 Å². The molecule has 1 fully saturated rings. The molecule has 4 nitrogen and oxygen atoms in total. The first-order valence-corrected chi connectivity index (χ1v) is 6.50. The van der Waals surface area contributed by atoms with Crippen molar-refractivity contribution in [1.29, 1.82) is 0 Å². The summed E-state index contributed by atoms with van der Waals surface area (Å²) in [5.74, 6) is -0.180. The SMILES string of the molecule is CC(C)(CN1CCC(=O)NC1=O)c1cccs1. The molecule has 1 saturated heterocycles. The van der Waals surface area contributed by atoms with Crippen molar-refractivity contribution in [2.75, 3.05) is 13.1 Å². The summed E-state index contributed by atoms with van der Waals surface area (Å²) in [6.07, 6.45) is 0.395. The number of urea groups is 1. The molecular weight excluding hydrogens is 236 g/mol. The van der Waals surface area contributed by atoms with Crippen molar-refractivity contribution in [3.05, 3.63) is 22.4 Å². The van der Waals surface area contributed by atoms with Gasteiger partial charge in [-0.2, -0.15) is 0 Å². The Hall–Kier alpha value is -1.36. The van der Waals surface area contributed by atoms with Gasteiger partial charge < -0.3 is 4.90 Å². The highest BCUT2D eigenvalue weighted by Crippen LogP contribution is 2.28. The summed E-state index contributed by atoms with van der Waals surface area (Å²) >= 11 is 1.69. The molecule has 5 heteroatoms. The number of hydrogen-bond acceptors (Lipinski definition) is 3. The molecule has 1 aromatic rings. The number of carbonyl (C=O) groups is 2. The highest BCUT2D eigenvalue weighted by Gasteiger charge is 2.30. The van der Waals surface area contributed by atoms with Gasteiger partial charge in [0.15, 0.2) is 0 Å². The van der Waals surface area contributed by atoms with E-state index in [2.05, 4.69) is 25.2 Å². The smallest absolute Gasteiger partial charge is 0.323 e. The van der Waals surface area contributed by atoms with Crippen LogP contribution in [0.5, 0.6) is 0 Å². The molecule has 0 aromatic carbocycles. The molecule has 1 N–H and O–H groups in total. The lowest BCUT2D eigenvalue weighted by Gasteiger charge is -2.34. The monoisotopic (exact) mass is 252 g/mol. The summed E-state index contributed by atoms with van der Waals surface area (Å²) in [5.41, 5.74) is -0.0775. The van der Waals surface area contributed by atoms with Gasteiger partial charge >= 0.3 is 6.03 Å². The van der Waals surface area contributed by atoms with Gasteiger partial charge in [-0.25, -0.2) is 4.79 Å². The Morgan fingerprint density at radius 1 is 1.47 bits per heavy atom. The van der Waals surface area contributed by atoms with Crippen LogP contribution in [0.25, 0.3) is 0 Å². The molecule has 1 aliphatic rings. The van der Waals surface area contributed by atoms with Crippen molar-refractivity contribution >= 4 is 23.3 Å². The Morgan fingerprint density at radius 2 is 2.24 bits per heavy atom. The fourth-order valence-electron chi connectivity index (χ4n) is 1.97. The van der Waals surface area contributed by atoms with E-state index < -0.39 is 0 Å². The number of hydrogen-bond donors (Lipinski definition) is 1. The van der Waals surface area contributed by atoms with Crippen LogP contribution in [0.15, 0.2) is 17.5 Å². The molecule has 2 rings (SSSR count). The number of amides is 3. The second-order valence-corrected chi connectivity index (χ2v) is 5.83. The molecule has 0 radical (unpaired) electrons. The van der Waals surface area contributed by atoms with Gasteiger partial charge in [0.2, 0.25) is 5.91 Å². The fourth-order valence-corrected chi connectivity index (χ4v) is 2.81. The average molecular weight is 252 g/mol. The van der Waals surface area contributed by atoms with E-state index in [1.54, 1.807) is 16.2 Å². The maximum atomic E-state index is 11.6. The normalized spacial score (nSPS) is 17.2. The summed E-state index contributed by atoms with van der Waals surface area (Å²) in [7, 11) is 0. The van der Waals surface area contributed by atoms with Gasteiger partial charge in [-0.1, -0.05) is 19.9 Å². The molecule has 1 aromatic heterocycles. The number of carbonyl (C=O) groups excluding carboxylic acids is 2. The van der Waals surface area contributed by atoms with Crippen molar-refractivity contribution in [2.24, 2.45) is 0 Å². The van der Waals surface area contributed by atoms with E-state index in [1.165, 1.54) is 4.88 Å². The summed E-state index contributed by atoms with van der Waals surface area (Å²) in [6, 6.07) is 3.82. The van der Waals surface area contributed by atoms with Crippen LogP contribution in [-0.2, 0) is 10.2 Å². The fraction of sp³-hybridized carbons (Fsp3) is 0.500. The zero-order valence-electron chi connectivity index (χ0n) is 10.0. The van der Waals surface area contributed by atoms with Crippen LogP contribution < -0.4 is 5.32 Å². The van der Waals surface area contributed by atoms with Gasteiger partial charge in [-0.05, 0) is 11.4 Å². The van der Waals surface area contributed by atoms with Crippen LogP contribution in [0, 0.1) is 0 Å². The van der Waals surface area contributed by atoms with Crippen molar-refractivity contribution in [2.45, 2.75) is 25.7 Å². The molecule has 0 atom stereocenters. The minimum absolute atomic E-state index is 0.0775. The van der Waals surface area contributed by atoms with Gasteiger partial charge in [-0.3, -0.25) is 10.1 Å². The first-order chi connectivity index (χ1) is 7.99. The molecule has 0 aliphatic carbocycles. The first-order valence-electron chi connectivity index (χ1n) is 5.62. The van der Waals surface area contributed by atoms with E-state index in [1.807, 2.05) is 11.4 Å². The third-order valence-electron chi connectivity index (χ3n) is 2.92. The molecule has 2 heterocycles. The van der Waals surface area contributed by atoms with E-state index in [-0.39, 0.29) is 17.4 Å². The lowest BCUT2D eigenvalue weighted by atomic mass is 9.90. The predicted molar refractivity (Wildman–Crippen MR) is 67.1 cm³/mol. The molecule has 0 saturated carbocycles. The second-order valence-electron chi connectivity index (χ2n) is 4.89. The number of nitrogens with one attached hydrogen (secondary N) is 1. The number of rotatable bonds is 3. The molecule has 0 unspecified atom stereocenters. The van der Waals surface area contributed by atoms with Crippen LogP contribution in [-0.4, -0.2) is 29.9 Å². The Kier molecular flexibility index (Phi) is 3.19. The minimum atomic E-state index is -0.272. The highest BCUT2D eigenvalue weighted by molar-refractivity contribution is 7.10. The van der Waals surface area contributed by atoms with Gasteiger partial charge in [-0.15, -0.1) is 11.3 Å². The molecule has 0 bridgehead atoms. The Morgan fingerprint density at radius 3 is 2.82 bits per heavy atom. The summed E-state index contributed by atoms with van der Waals surface area (Å²) in [4.78, 5) is 25.7. The quantitative estimate of drug-likeness (QED) is 0.894. The van der Waals surface area contributed by atoms with Crippen molar-refractivity contribution in [3.63, 3.8) is 0 Å². The van der Waals surface area contributed by atoms with Gasteiger partial charge in [0, 0.05) is 29.8 Å². The van der Waals surface area contributed by atoms with Crippen molar-refractivity contribution in [1.82, 2.24) is 10.2 Å². The van der Waals surface area contributed by atoms with E-state index in [9.17, 15) is 9.59 Å². The Balaban J connectivity index is 2.06. The standard InChI is InChI=1S/C12H16N2O2S/c1-12(2,9-4-3-7-17-9)8-14-6-5-10(15)13-11(14)16/h3-4,7H,5-6,8H2,1-2H3,(H,13,15,16). The molecule has 0 spiro atoms. The molecule has 92 valence electrons. The molecule has 1 aliphatic heterocycles. The highest BCUT2D eigenvalue weighted by atomic mass is 32.1. The van der Waals surface area contributed by atoms with Gasteiger partial charge in [0.25, 0.3) is 0 Å². The largest absolute Gasteiger partial charge is 0.324 e. The third kappa shape index (κ3) is 2.66. The van der Waals surface area contributed by atoms with Crippen molar-refractivity contribution in [3.8, 4) is 0 Å². The summed E-state index contributed by atoms with van der Waals surface area (Å²) < 4.78 is 0. The summed E-state index contributed by atoms with van der Waals surface area (Å²) in [5, 5.41) is 4.39. The van der Waals surface area contributed by atoms with E-state index >= 15 is 0 Å². The Bertz CT molecular complexity index is 426. The maximum Gasteiger partial charge on any atom is 0.324 e. The lowest BCUT2D eigenvalue weighted by molar-refractivity contribution is -0.121. The average Bonchev–Trinajstić information content (AvgIpc) is 2.76. The minimum Gasteiger partial charge on any atom is -0.323 e. The Labute approximate surface area is 105 Å². The first kappa shape index (κ1) is 12.1. The topological polar surface area (TPSA) is 49.4 Å². The molecule has 17 heavy (non-hydrogen) atoms. The third-order valence-corrected chi connectivity index (χ3v) is 4.15. The zero-order valence-corrected chi connectivity index (χ0v) is 10.8. The van der Waals surface area contributed by atoms with Crippen LogP contribution in [0.1, 0.15) is 25.1 Å². The number of nitrogens with zero attached hydrogens (tertiary/aromatic N) is 1. The zero-order chi connectivity index (χ0) is 12.5. The van der Waals surface area contributed by atoms with Gasteiger partial charge in [0.1, 0.15) is 0 Å². The van der Waals surface area contributed by atoms with Crippen LogP contribution >= 0.6 is 11.3 Å².